The lowest BCUT2D eigenvalue weighted by molar-refractivity contribution is -0.127. The zero-order chi connectivity index (χ0) is 16.0. The van der Waals surface area contributed by atoms with Crippen LogP contribution in [-0.2, 0) is 11.3 Å². The summed E-state index contributed by atoms with van der Waals surface area (Å²) in [7, 11) is 0. The molecule has 118 valence electrons. The zero-order valence-electron chi connectivity index (χ0n) is 13.4. The summed E-state index contributed by atoms with van der Waals surface area (Å²) >= 11 is 0. The quantitative estimate of drug-likeness (QED) is 0.848. The average molecular weight is 296 g/mol. The molecule has 0 saturated carbocycles. The van der Waals surface area contributed by atoms with Gasteiger partial charge in [-0.05, 0) is 52.8 Å². The molecule has 5 heteroatoms. The van der Waals surface area contributed by atoms with Crippen molar-refractivity contribution >= 4 is 5.91 Å². The Bertz CT molecular complexity index is 484. The van der Waals surface area contributed by atoms with E-state index in [2.05, 4.69) is 10.6 Å². The number of hydrogen-bond acceptors (Lipinski definition) is 3. The molecule has 4 nitrogen and oxygen atoms in total. The van der Waals surface area contributed by atoms with Crippen LogP contribution in [0.5, 0.6) is 5.75 Å². The van der Waals surface area contributed by atoms with Crippen molar-refractivity contribution < 1.29 is 13.9 Å². The minimum absolute atomic E-state index is 0.0885. The summed E-state index contributed by atoms with van der Waals surface area (Å²) in [4.78, 5) is 11.7. The first-order valence-electron chi connectivity index (χ1n) is 7.20. The summed E-state index contributed by atoms with van der Waals surface area (Å²) in [6.45, 7) is 10.6. The molecule has 0 aliphatic rings. The van der Waals surface area contributed by atoms with Crippen LogP contribution in [0.2, 0.25) is 0 Å². The Morgan fingerprint density at radius 1 is 1.38 bits per heavy atom. The molecule has 1 amide bonds. The number of amides is 1. The van der Waals surface area contributed by atoms with E-state index in [-0.39, 0.29) is 17.3 Å². The summed E-state index contributed by atoms with van der Waals surface area (Å²) in [5, 5.41) is 5.99. The SMILES string of the molecule is CCNC(=O)C(C)Oc1ccc(F)cc1CNC(C)(C)C. The number of carbonyl (C=O) groups is 1. The lowest BCUT2D eigenvalue weighted by Crippen LogP contribution is -2.37. The van der Waals surface area contributed by atoms with Gasteiger partial charge in [0.15, 0.2) is 6.10 Å². The van der Waals surface area contributed by atoms with Gasteiger partial charge in [-0.15, -0.1) is 0 Å². The predicted molar refractivity (Wildman–Crippen MR) is 81.8 cm³/mol. The molecular formula is C16H25FN2O2. The minimum atomic E-state index is -0.621. The van der Waals surface area contributed by atoms with E-state index >= 15 is 0 Å². The van der Waals surface area contributed by atoms with Crippen LogP contribution in [0.15, 0.2) is 18.2 Å². The second-order valence-electron chi connectivity index (χ2n) is 6.01. The second-order valence-corrected chi connectivity index (χ2v) is 6.01. The third-order valence-electron chi connectivity index (χ3n) is 2.86. The van der Waals surface area contributed by atoms with Crippen molar-refractivity contribution in [1.82, 2.24) is 10.6 Å². The van der Waals surface area contributed by atoms with Gasteiger partial charge < -0.3 is 15.4 Å². The first-order chi connectivity index (χ1) is 9.73. The number of halogens is 1. The van der Waals surface area contributed by atoms with Gasteiger partial charge in [0.05, 0.1) is 0 Å². The second kappa shape index (κ2) is 7.41. The van der Waals surface area contributed by atoms with E-state index in [0.29, 0.717) is 24.4 Å². The molecule has 1 aromatic rings. The average Bonchev–Trinajstić information content (AvgIpc) is 2.38. The number of benzene rings is 1. The van der Waals surface area contributed by atoms with Crippen LogP contribution in [0.1, 0.15) is 40.2 Å². The van der Waals surface area contributed by atoms with E-state index in [0.717, 1.165) is 0 Å². The number of likely N-dealkylation sites (N-methyl/N-ethyl adjacent to an activating group) is 1. The van der Waals surface area contributed by atoms with Crippen LogP contribution in [0, 0.1) is 5.82 Å². The van der Waals surface area contributed by atoms with Crippen molar-refractivity contribution in [2.75, 3.05) is 6.54 Å². The predicted octanol–water partition coefficient (Wildman–Crippen LogP) is 2.62. The van der Waals surface area contributed by atoms with E-state index in [4.69, 9.17) is 4.74 Å². The van der Waals surface area contributed by atoms with Crippen molar-refractivity contribution in [3.05, 3.63) is 29.6 Å². The van der Waals surface area contributed by atoms with Crippen molar-refractivity contribution in [1.29, 1.82) is 0 Å². The molecule has 0 saturated heterocycles. The van der Waals surface area contributed by atoms with Crippen LogP contribution >= 0.6 is 0 Å². The van der Waals surface area contributed by atoms with Crippen molar-refractivity contribution in [3.8, 4) is 5.75 Å². The topological polar surface area (TPSA) is 50.4 Å². The smallest absolute Gasteiger partial charge is 0.260 e. The fraction of sp³-hybridized carbons (Fsp3) is 0.562. The van der Waals surface area contributed by atoms with E-state index in [9.17, 15) is 9.18 Å². The van der Waals surface area contributed by atoms with Gasteiger partial charge in [-0.2, -0.15) is 0 Å². The van der Waals surface area contributed by atoms with E-state index in [1.165, 1.54) is 12.1 Å². The van der Waals surface area contributed by atoms with Crippen LogP contribution in [-0.4, -0.2) is 24.1 Å². The molecule has 0 heterocycles. The van der Waals surface area contributed by atoms with E-state index in [1.54, 1.807) is 13.0 Å². The van der Waals surface area contributed by atoms with Crippen LogP contribution in [0.25, 0.3) is 0 Å². The molecule has 1 atom stereocenters. The minimum Gasteiger partial charge on any atom is -0.481 e. The van der Waals surface area contributed by atoms with Crippen molar-refractivity contribution in [3.63, 3.8) is 0 Å². The largest absolute Gasteiger partial charge is 0.481 e. The molecule has 1 unspecified atom stereocenters. The fourth-order valence-electron chi connectivity index (χ4n) is 1.72. The Morgan fingerprint density at radius 3 is 2.62 bits per heavy atom. The number of rotatable bonds is 6. The molecule has 21 heavy (non-hydrogen) atoms. The maximum atomic E-state index is 13.4. The molecule has 1 aromatic carbocycles. The van der Waals surface area contributed by atoms with E-state index < -0.39 is 6.10 Å². The number of ether oxygens (including phenoxy) is 1. The molecule has 0 spiro atoms. The maximum absolute atomic E-state index is 13.4. The highest BCUT2D eigenvalue weighted by Gasteiger charge is 2.17. The molecule has 1 rings (SSSR count). The highest BCUT2D eigenvalue weighted by atomic mass is 19.1. The van der Waals surface area contributed by atoms with Gasteiger partial charge in [0.25, 0.3) is 5.91 Å². The number of carbonyl (C=O) groups excluding carboxylic acids is 1. The molecule has 2 N–H and O–H groups in total. The van der Waals surface area contributed by atoms with Gasteiger partial charge in [-0.3, -0.25) is 4.79 Å². The third kappa shape index (κ3) is 6.12. The third-order valence-corrected chi connectivity index (χ3v) is 2.86. The van der Waals surface area contributed by atoms with Crippen molar-refractivity contribution in [2.45, 2.75) is 52.8 Å². The zero-order valence-corrected chi connectivity index (χ0v) is 13.4. The Labute approximate surface area is 126 Å². The standard InChI is InChI=1S/C16H25FN2O2/c1-6-18-15(20)11(2)21-14-8-7-13(17)9-12(14)10-19-16(3,4)5/h7-9,11,19H,6,10H2,1-5H3,(H,18,20). The first-order valence-corrected chi connectivity index (χ1v) is 7.20. The number of hydrogen-bond donors (Lipinski definition) is 2. The summed E-state index contributed by atoms with van der Waals surface area (Å²) in [5.74, 6) is 0.0159. The number of nitrogens with one attached hydrogen (secondary N) is 2. The Kier molecular flexibility index (Phi) is 6.15. The van der Waals surface area contributed by atoms with Gasteiger partial charge in [0.1, 0.15) is 11.6 Å². The molecule has 0 bridgehead atoms. The summed E-state index contributed by atoms with van der Waals surface area (Å²) in [6.07, 6.45) is -0.621. The molecule has 0 radical (unpaired) electrons. The summed E-state index contributed by atoms with van der Waals surface area (Å²) in [6, 6.07) is 4.32. The first kappa shape index (κ1) is 17.4. The highest BCUT2D eigenvalue weighted by Crippen LogP contribution is 2.22. The fourth-order valence-corrected chi connectivity index (χ4v) is 1.72. The lowest BCUT2D eigenvalue weighted by Gasteiger charge is -2.22. The van der Waals surface area contributed by atoms with Gasteiger partial charge in [-0.1, -0.05) is 0 Å². The Hall–Kier alpha value is -1.62. The maximum Gasteiger partial charge on any atom is 0.260 e. The molecule has 0 aliphatic carbocycles. The van der Waals surface area contributed by atoms with Gasteiger partial charge in [0, 0.05) is 24.2 Å². The Morgan fingerprint density at radius 2 is 2.05 bits per heavy atom. The molecule has 0 fully saturated rings. The summed E-state index contributed by atoms with van der Waals surface area (Å²) in [5.41, 5.74) is 0.607. The molecular weight excluding hydrogens is 271 g/mol. The normalized spacial score (nSPS) is 12.9. The van der Waals surface area contributed by atoms with Crippen LogP contribution in [0.3, 0.4) is 0 Å². The van der Waals surface area contributed by atoms with Gasteiger partial charge in [-0.25, -0.2) is 4.39 Å². The van der Waals surface area contributed by atoms with E-state index in [1.807, 2.05) is 27.7 Å². The van der Waals surface area contributed by atoms with Crippen molar-refractivity contribution in [2.24, 2.45) is 0 Å². The lowest BCUT2D eigenvalue weighted by atomic mass is 10.1. The Balaban J connectivity index is 2.83. The summed E-state index contributed by atoms with van der Waals surface area (Å²) < 4.78 is 19.1. The monoisotopic (exact) mass is 296 g/mol. The van der Waals surface area contributed by atoms with Gasteiger partial charge in [0.2, 0.25) is 0 Å². The van der Waals surface area contributed by atoms with Crippen LogP contribution < -0.4 is 15.4 Å². The molecule has 0 aliphatic heterocycles. The highest BCUT2D eigenvalue weighted by molar-refractivity contribution is 5.80. The molecule has 0 aromatic heterocycles. The van der Waals surface area contributed by atoms with Gasteiger partial charge >= 0.3 is 0 Å². The van der Waals surface area contributed by atoms with Crippen LogP contribution in [0.4, 0.5) is 4.39 Å².